The quantitative estimate of drug-likeness (QED) is 0.494. The maximum atomic E-state index is 13.0. The summed E-state index contributed by atoms with van der Waals surface area (Å²) in [6, 6.07) is 19.0. The summed E-state index contributed by atoms with van der Waals surface area (Å²) in [7, 11) is 0. The Bertz CT molecular complexity index is 1190. The number of primary amides is 1. The fraction of sp³-hybridized carbons (Fsp3) is 0. The van der Waals surface area contributed by atoms with Gasteiger partial charge in [-0.05, 0) is 48.5 Å². The molecule has 7 heteroatoms. The predicted octanol–water partition coefficient (Wildman–Crippen LogP) is 4.04. The Morgan fingerprint density at radius 2 is 1.59 bits per heavy atom. The van der Waals surface area contributed by atoms with Gasteiger partial charge in [-0.15, -0.1) is 0 Å². The second-order valence-electron chi connectivity index (χ2n) is 6.33. The summed E-state index contributed by atoms with van der Waals surface area (Å²) in [5.74, 6) is -0.260. The van der Waals surface area contributed by atoms with E-state index >= 15 is 0 Å². The van der Waals surface area contributed by atoms with Crippen LogP contribution in [-0.2, 0) is 0 Å². The van der Waals surface area contributed by atoms with Crippen molar-refractivity contribution in [2.75, 3.05) is 10.6 Å². The van der Waals surface area contributed by atoms with Crippen LogP contribution in [0.2, 0.25) is 0 Å². The molecular weight excluding hydrogens is 366 g/mol. The Morgan fingerprint density at radius 3 is 2.28 bits per heavy atom. The number of fused-ring (bicyclic) bond motifs is 1. The first-order valence-electron chi connectivity index (χ1n) is 8.88. The van der Waals surface area contributed by atoms with Crippen molar-refractivity contribution < 1.29 is 9.59 Å². The van der Waals surface area contributed by atoms with Crippen molar-refractivity contribution in [2.45, 2.75) is 0 Å². The number of pyridine rings is 2. The Hall–Kier alpha value is -4.26. The Morgan fingerprint density at radius 1 is 0.862 bits per heavy atom. The highest BCUT2D eigenvalue weighted by atomic mass is 16.2. The highest BCUT2D eigenvalue weighted by Crippen LogP contribution is 2.25. The summed E-state index contributed by atoms with van der Waals surface area (Å²) in [5.41, 5.74) is 8.97. The zero-order valence-corrected chi connectivity index (χ0v) is 15.3. The molecule has 0 aliphatic rings. The summed E-state index contributed by atoms with van der Waals surface area (Å²) >= 11 is 0. The molecule has 2 aromatic carbocycles. The van der Waals surface area contributed by atoms with E-state index in [4.69, 9.17) is 5.73 Å². The van der Waals surface area contributed by atoms with Crippen LogP contribution in [0.1, 0.15) is 10.4 Å². The van der Waals surface area contributed by atoms with Crippen molar-refractivity contribution in [1.29, 1.82) is 0 Å². The van der Waals surface area contributed by atoms with Crippen molar-refractivity contribution in [3.63, 3.8) is 0 Å². The minimum Gasteiger partial charge on any atom is -0.351 e. The predicted molar refractivity (Wildman–Crippen MR) is 113 cm³/mol. The van der Waals surface area contributed by atoms with Crippen LogP contribution < -0.4 is 16.4 Å². The summed E-state index contributed by atoms with van der Waals surface area (Å²) in [5, 5.41) is 6.12. The number of amides is 3. The van der Waals surface area contributed by atoms with E-state index in [-0.39, 0.29) is 5.91 Å². The number of carbonyl (C=O) groups excluding carboxylic acids is 2. The van der Waals surface area contributed by atoms with E-state index in [1.54, 1.807) is 42.7 Å². The lowest BCUT2D eigenvalue weighted by Gasteiger charge is -2.11. The van der Waals surface area contributed by atoms with Crippen molar-refractivity contribution in [3.8, 4) is 11.3 Å². The highest BCUT2D eigenvalue weighted by Gasteiger charge is 2.14. The van der Waals surface area contributed by atoms with Gasteiger partial charge in [-0.3, -0.25) is 9.78 Å². The van der Waals surface area contributed by atoms with Crippen LogP contribution in [0.25, 0.3) is 22.2 Å². The second kappa shape index (κ2) is 7.77. The molecule has 0 radical (unpaired) electrons. The summed E-state index contributed by atoms with van der Waals surface area (Å²) in [4.78, 5) is 32.7. The number of nitrogens with one attached hydrogen (secondary N) is 2. The van der Waals surface area contributed by atoms with Gasteiger partial charge in [-0.1, -0.05) is 18.2 Å². The normalized spacial score (nSPS) is 10.5. The maximum absolute atomic E-state index is 13.0. The van der Waals surface area contributed by atoms with Crippen LogP contribution in [0, 0.1) is 0 Å². The molecule has 4 rings (SSSR count). The van der Waals surface area contributed by atoms with Gasteiger partial charge in [0.25, 0.3) is 5.91 Å². The van der Waals surface area contributed by atoms with Crippen molar-refractivity contribution in [1.82, 2.24) is 9.97 Å². The fourth-order valence-corrected chi connectivity index (χ4v) is 3.00. The number of anilines is 2. The molecule has 2 aromatic heterocycles. The first-order valence-corrected chi connectivity index (χ1v) is 8.88. The van der Waals surface area contributed by atoms with Crippen molar-refractivity contribution in [2.24, 2.45) is 5.73 Å². The third-order valence-corrected chi connectivity index (χ3v) is 4.33. The fourth-order valence-electron chi connectivity index (χ4n) is 3.00. The Labute approximate surface area is 166 Å². The molecule has 0 aliphatic heterocycles. The molecule has 0 unspecified atom stereocenters. The molecule has 0 saturated heterocycles. The van der Waals surface area contributed by atoms with Crippen molar-refractivity contribution >= 4 is 34.2 Å². The van der Waals surface area contributed by atoms with E-state index in [0.29, 0.717) is 22.6 Å². The lowest BCUT2D eigenvalue weighted by Crippen LogP contribution is -2.19. The lowest BCUT2D eigenvalue weighted by molar-refractivity contribution is 0.102. The number of para-hydroxylation sites is 1. The molecule has 0 atom stereocenters. The largest absolute Gasteiger partial charge is 0.351 e. The highest BCUT2D eigenvalue weighted by molar-refractivity contribution is 6.13. The molecule has 0 spiro atoms. The number of urea groups is 1. The van der Waals surface area contributed by atoms with E-state index in [1.165, 1.54) is 0 Å². The van der Waals surface area contributed by atoms with Crippen LogP contribution in [0.5, 0.6) is 0 Å². The molecule has 3 amide bonds. The van der Waals surface area contributed by atoms with Crippen LogP contribution in [0.3, 0.4) is 0 Å². The van der Waals surface area contributed by atoms with Gasteiger partial charge in [0.1, 0.15) is 0 Å². The van der Waals surface area contributed by atoms with E-state index in [1.807, 2.05) is 36.4 Å². The zero-order chi connectivity index (χ0) is 20.2. The molecule has 29 heavy (non-hydrogen) atoms. The Balaban J connectivity index is 1.69. The molecule has 7 nitrogen and oxygen atoms in total. The van der Waals surface area contributed by atoms with E-state index in [9.17, 15) is 9.59 Å². The van der Waals surface area contributed by atoms with Crippen molar-refractivity contribution in [3.05, 3.63) is 84.7 Å². The van der Waals surface area contributed by atoms with Crippen LogP contribution in [0.15, 0.2) is 79.1 Å². The zero-order valence-electron chi connectivity index (χ0n) is 15.3. The number of benzene rings is 2. The van der Waals surface area contributed by atoms with Gasteiger partial charge in [0.15, 0.2) is 0 Å². The number of aromatic nitrogens is 2. The summed E-state index contributed by atoms with van der Waals surface area (Å²) in [6.45, 7) is 0. The third kappa shape index (κ3) is 4.03. The monoisotopic (exact) mass is 383 g/mol. The van der Waals surface area contributed by atoms with Crippen LogP contribution in [0.4, 0.5) is 16.2 Å². The summed E-state index contributed by atoms with van der Waals surface area (Å²) in [6.07, 6.45) is 3.40. The molecule has 0 aliphatic carbocycles. The molecule has 2 heterocycles. The van der Waals surface area contributed by atoms with Gasteiger partial charge in [-0.2, -0.15) is 0 Å². The average molecular weight is 383 g/mol. The van der Waals surface area contributed by atoms with E-state index in [2.05, 4.69) is 20.6 Å². The maximum Gasteiger partial charge on any atom is 0.316 e. The molecule has 142 valence electrons. The first-order chi connectivity index (χ1) is 14.1. The van der Waals surface area contributed by atoms with Gasteiger partial charge >= 0.3 is 6.03 Å². The SMILES string of the molecule is NC(=O)Nc1ccc(NC(=O)c2cc(-c3cccnc3)nc3ccccc23)cc1. The number of nitrogens with zero attached hydrogens (tertiary/aromatic N) is 2. The first kappa shape index (κ1) is 18.1. The van der Waals surface area contributed by atoms with Crippen LogP contribution in [-0.4, -0.2) is 21.9 Å². The van der Waals surface area contributed by atoms with Gasteiger partial charge in [0.05, 0.1) is 16.8 Å². The van der Waals surface area contributed by atoms with Gasteiger partial charge in [0.2, 0.25) is 0 Å². The number of hydrogen-bond acceptors (Lipinski definition) is 4. The molecule has 4 N–H and O–H groups in total. The lowest BCUT2D eigenvalue weighted by atomic mass is 10.0. The molecular formula is C22H17N5O2. The van der Waals surface area contributed by atoms with Crippen LogP contribution >= 0.6 is 0 Å². The molecule has 0 saturated carbocycles. The average Bonchev–Trinajstić information content (AvgIpc) is 2.74. The number of nitrogens with two attached hydrogens (primary N) is 1. The topological polar surface area (TPSA) is 110 Å². The van der Waals surface area contributed by atoms with Gasteiger partial charge in [0, 0.05) is 34.7 Å². The minimum absolute atomic E-state index is 0.260. The number of carbonyl (C=O) groups is 2. The third-order valence-electron chi connectivity index (χ3n) is 4.33. The molecule has 0 fully saturated rings. The van der Waals surface area contributed by atoms with Gasteiger partial charge in [-0.25, -0.2) is 9.78 Å². The Kier molecular flexibility index (Phi) is 4.86. The smallest absolute Gasteiger partial charge is 0.316 e. The summed E-state index contributed by atoms with van der Waals surface area (Å²) < 4.78 is 0. The number of rotatable bonds is 4. The minimum atomic E-state index is -0.645. The standard InChI is InChI=1S/C22H17N5O2/c23-22(29)26-16-9-7-15(8-10-16)25-21(28)18-12-20(14-4-3-11-24-13-14)27-19-6-2-1-5-17(18)19/h1-13H,(H,25,28)(H3,23,26,29). The van der Waals surface area contributed by atoms with E-state index in [0.717, 1.165) is 16.5 Å². The van der Waals surface area contributed by atoms with Gasteiger partial charge < -0.3 is 16.4 Å². The number of hydrogen-bond donors (Lipinski definition) is 3. The molecule has 4 aromatic rings. The van der Waals surface area contributed by atoms with E-state index < -0.39 is 6.03 Å². The second-order valence-corrected chi connectivity index (χ2v) is 6.33. The molecule has 0 bridgehead atoms.